The Kier molecular flexibility index (Phi) is 2.66. The summed E-state index contributed by atoms with van der Waals surface area (Å²) < 4.78 is 4.99. The molecule has 1 aromatic carbocycles. The van der Waals surface area contributed by atoms with Gasteiger partial charge in [0.15, 0.2) is 6.61 Å². The highest BCUT2D eigenvalue weighted by atomic mass is 16.5. The van der Waals surface area contributed by atoms with Crippen LogP contribution >= 0.6 is 0 Å². The molecule has 1 radical (unpaired) electrons. The van der Waals surface area contributed by atoms with Crippen LogP contribution < -0.4 is 4.74 Å². The van der Waals surface area contributed by atoms with Gasteiger partial charge < -0.3 is 4.74 Å². The predicted octanol–water partition coefficient (Wildman–Crippen LogP) is 1.48. The van der Waals surface area contributed by atoms with E-state index in [1.54, 1.807) is 6.29 Å². The molecule has 0 aromatic heterocycles. The Labute approximate surface area is 65.8 Å². The molecular formula is C9H9O2. The maximum atomic E-state index is 9.80. The Balaban J connectivity index is 2.58. The van der Waals surface area contributed by atoms with Crippen LogP contribution in [0.25, 0.3) is 0 Å². The molecule has 0 aliphatic heterocycles. The van der Waals surface area contributed by atoms with Crippen LogP contribution in [0.3, 0.4) is 0 Å². The van der Waals surface area contributed by atoms with Gasteiger partial charge in [-0.3, -0.25) is 4.79 Å². The van der Waals surface area contributed by atoms with Crippen molar-refractivity contribution in [3.8, 4) is 5.75 Å². The fraction of sp³-hybridized carbons (Fsp3) is 0.222. The van der Waals surface area contributed by atoms with E-state index < -0.39 is 0 Å². The molecule has 0 aliphatic rings. The van der Waals surface area contributed by atoms with E-state index in [9.17, 15) is 4.79 Å². The summed E-state index contributed by atoms with van der Waals surface area (Å²) in [5, 5.41) is 0. The molecule has 0 atom stereocenters. The zero-order chi connectivity index (χ0) is 8.10. The predicted molar refractivity (Wildman–Crippen MR) is 42.4 cm³/mol. The second-order valence-electron chi connectivity index (χ2n) is 2.25. The van der Waals surface area contributed by atoms with Crippen LogP contribution in [0.15, 0.2) is 24.3 Å². The Morgan fingerprint density at radius 3 is 2.55 bits per heavy atom. The second-order valence-corrected chi connectivity index (χ2v) is 2.25. The molecular weight excluding hydrogens is 140 g/mol. The van der Waals surface area contributed by atoms with E-state index in [-0.39, 0.29) is 6.61 Å². The smallest absolute Gasteiger partial charge is 0.239 e. The third kappa shape index (κ3) is 2.42. The Bertz CT molecular complexity index is 226. The highest BCUT2D eigenvalue weighted by Gasteiger charge is 1.90. The quantitative estimate of drug-likeness (QED) is 0.650. The van der Waals surface area contributed by atoms with E-state index in [0.717, 1.165) is 0 Å². The number of hydrogen-bond donors (Lipinski definition) is 0. The molecule has 0 aliphatic carbocycles. The normalized spacial score (nSPS) is 9.18. The van der Waals surface area contributed by atoms with Crippen LogP contribution in [-0.2, 0) is 4.79 Å². The Morgan fingerprint density at radius 2 is 2.00 bits per heavy atom. The first-order valence-corrected chi connectivity index (χ1v) is 3.37. The molecule has 0 spiro atoms. The van der Waals surface area contributed by atoms with Gasteiger partial charge in [0.05, 0.1) is 0 Å². The SMILES string of the molecule is Cc1ccc(OC[C]=O)cc1. The maximum Gasteiger partial charge on any atom is 0.239 e. The van der Waals surface area contributed by atoms with E-state index in [2.05, 4.69) is 0 Å². The van der Waals surface area contributed by atoms with Gasteiger partial charge in [0.25, 0.3) is 0 Å². The minimum atomic E-state index is 0.00304. The van der Waals surface area contributed by atoms with E-state index in [4.69, 9.17) is 4.74 Å². The Morgan fingerprint density at radius 1 is 1.36 bits per heavy atom. The van der Waals surface area contributed by atoms with E-state index in [0.29, 0.717) is 5.75 Å². The molecule has 0 unspecified atom stereocenters. The van der Waals surface area contributed by atoms with Gasteiger partial charge in [0.1, 0.15) is 5.75 Å². The van der Waals surface area contributed by atoms with Gasteiger partial charge in [-0.15, -0.1) is 0 Å². The third-order valence-electron chi connectivity index (χ3n) is 1.32. The summed E-state index contributed by atoms with van der Waals surface area (Å²) in [6.45, 7) is 2.00. The molecule has 0 saturated carbocycles. The summed E-state index contributed by atoms with van der Waals surface area (Å²) in [5.74, 6) is 0.707. The molecule has 0 amide bonds. The summed E-state index contributed by atoms with van der Waals surface area (Å²) in [5.41, 5.74) is 1.17. The third-order valence-corrected chi connectivity index (χ3v) is 1.32. The number of rotatable bonds is 3. The van der Waals surface area contributed by atoms with Gasteiger partial charge in [-0.05, 0) is 19.1 Å². The van der Waals surface area contributed by atoms with Gasteiger partial charge in [-0.1, -0.05) is 17.7 Å². The van der Waals surface area contributed by atoms with Crippen LogP contribution in [0.1, 0.15) is 5.56 Å². The number of aryl methyl sites for hydroxylation is 1. The van der Waals surface area contributed by atoms with Gasteiger partial charge in [-0.25, -0.2) is 0 Å². The minimum Gasteiger partial charge on any atom is -0.485 e. The summed E-state index contributed by atoms with van der Waals surface area (Å²) in [7, 11) is 0. The van der Waals surface area contributed by atoms with Crippen LogP contribution in [0.5, 0.6) is 5.75 Å². The average Bonchev–Trinajstić information content (AvgIpc) is 2.04. The van der Waals surface area contributed by atoms with Gasteiger partial charge in [0.2, 0.25) is 6.29 Å². The first-order chi connectivity index (χ1) is 5.33. The van der Waals surface area contributed by atoms with E-state index in [1.165, 1.54) is 5.56 Å². The van der Waals surface area contributed by atoms with E-state index >= 15 is 0 Å². The van der Waals surface area contributed by atoms with Crippen molar-refractivity contribution in [1.82, 2.24) is 0 Å². The molecule has 0 fully saturated rings. The number of benzene rings is 1. The molecule has 2 nitrogen and oxygen atoms in total. The molecule has 0 N–H and O–H groups in total. The lowest BCUT2D eigenvalue weighted by molar-refractivity contribution is 0.365. The lowest BCUT2D eigenvalue weighted by Crippen LogP contribution is -1.96. The summed E-state index contributed by atoms with van der Waals surface area (Å²) in [6, 6.07) is 7.51. The average molecular weight is 149 g/mol. The number of ether oxygens (including phenoxy) is 1. The fourth-order valence-electron chi connectivity index (χ4n) is 0.747. The Hall–Kier alpha value is -1.31. The topological polar surface area (TPSA) is 26.3 Å². The van der Waals surface area contributed by atoms with Gasteiger partial charge in [-0.2, -0.15) is 0 Å². The molecule has 11 heavy (non-hydrogen) atoms. The summed E-state index contributed by atoms with van der Waals surface area (Å²) >= 11 is 0. The molecule has 57 valence electrons. The standard InChI is InChI=1S/C9H9O2/c1-8-2-4-9(5-3-8)11-7-6-10/h2-5H,7H2,1H3. The van der Waals surface area contributed by atoms with Crippen molar-refractivity contribution in [1.29, 1.82) is 0 Å². The first-order valence-electron chi connectivity index (χ1n) is 3.37. The van der Waals surface area contributed by atoms with Crippen molar-refractivity contribution in [2.45, 2.75) is 6.92 Å². The zero-order valence-corrected chi connectivity index (χ0v) is 6.33. The van der Waals surface area contributed by atoms with Crippen molar-refractivity contribution in [3.63, 3.8) is 0 Å². The summed E-state index contributed by atoms with van der Waals surface area (Å²) in [4.78, 5) is 9.80. The number of hydrogen-bond acceptors (Lipinski definition) is 2. The largest absolute Gasteiger partial charge is 0.485 e. The highest BCUT2D eigenvalue weighted by Crippen LogP contribution is 2.10. The van der Waals surface area contributed by atoms with Gasteiger partial charge in [0, 0.05) is 0 Å². The minimum absolute atomic E-state index is 0.00304. The molecule has 1 rings (SSSR count). The van der Waals surface area contributed by atoms with Crippen LogP contribution in [0, 0.1) is 6.92 Å². The lowest BCUT2D eigenvalue weighted by atomic mass is 10.2. The van der Waals surface area contributed by atoms with Crippen molar-refractivity contribution in [2.24, 2.45) is 0 Å². The molecule has 1 aromatic rings. The van der Waals surface area contributed by atoms with Crippen molar-refractivity contribution in [2.75, 3.05) is 6.61 Å². The summed E-state index contributed by atoms with van der Waals surface area (Å²) in [6.07, 6.45) is 1.66. The number of carbonyl (C=O) groups excluding carboxylic acids is 1. The fourth-order valence-corrected chi connectivity index (χ4v) is 0.747. The molecule has 0 saturated heterocycles. The molecule has 0 heterocycles. The molecule has 2 heteroatoms. The first kappa shape index (κ1) is 7.79. The van der Waals surface area contributed by atoms with Crippen LogP contribution in [0.4, 0.5) is 0 Å². The molecule has 0 bridgehead atoms. The van der Waals surface area contributed by atoms with Crippen LogP contribution in [0.2, 0.25) is 0 Å². The maximum absolute atomic E-state index is 9.80. The van der Waals surface area contributed by atoms with Crippen molar-refractivity contribution >= 4 is 6.29 Å². The van der Waals surface area contributed by atoms with Gasteiger partial charge >= 0.3 is 0 Å². The zero-order valence-electron chi connectivity index (χ0n) is 6.33. The van der Waals surface area contributed by atoms with Crippen LogP contribution in [-0.4, -0.2) is 12.9 Å². The lowest BCUT2D eigenvalue weighted by Gasteiger charge is -2.00. The monoisotopic (exact) mass is 149 g/mol. The van der Waals surface area contributed by atoms with E-state index in [1.807, 2.05) is 31.2 Å². The highest BCUT2D eigenvalue weighted by molar-refractivity contribution is 5.52. The van der Waals surface area contributed by atoms with Crippen molar-refractivity contribution in [3.05, 3.63) is 29.8 Å². The van der Waals surface area contributed by atoms with Crippen molar-refractivity contribution < 1.29 is 9.53 Å². The second kappa shape index (κ2) is 3.76.